The normalized spacial score (nSPS) is 12.0. The third kappa shape index (κ3) is 3.63. The van der Waals surface area contributed by atoms with E-state index in [1.54, 1.807) is 0 Å². The molecule has 0 fully saturated rings. The third-order valence-corrected chi connectivity index (χ3v) is 8.59. The molecule has 194 valence electrons. The molecule has 0 saturated carbocycles. The SMILES string of the molecule is C/C=C\c1cc(-c2ccc3c(c2)c2c4ccccc4c4ccccc4c2n3-c2ccc3ccccc3c2)ccc1C. The fourth-order valence-corrected chi connectivity index (χ4v) is 6.62. The lowest BCUT2D eigenvalue weighted by molar-refractivity contribution is 1.19. The Balaban J connectivity index is 1.54. The summed E-state index contributed by atoms with van der Waals surface area (Å²) in [6, 6.07) is 47.0. The van der Waals surface area contributed by atoms with Gasteiger partial charge in [-0.25, -0.2) is 0 Å². The van der Waals surface area contributed by atoms with Gasteiger partial charge in [0.15, 0.2) is 0 Å². The van der Waals surface area contributed by atoms with Gasteiger partial charge in [0, 0.05) is 21.8 Å². The van der Waals surface area contributed by atoms with E-state index >= 15 is 0 Å². The summed E-state index contributed by atoms with van der Waals surface area (Å²) in [4.78, 5) is 0. The minimum Gasteiger partial charge on any atom is -0.309 e. The van der Waals surface area contributed by atoms with Gasteiger partial charge >= 0.3 is 0 Å². The largest absolute Gasteiger partial charge is 0.309 e. The van der Waals surface area contributed by atoms with Crippen LogP contribution in [0.25, 0.3) is 77.0 Å². The Morgan fingerprint density at radius 1 is 0.537 bits per heavy atom. The monoisotopic (exact) mass is 523 g/mol. The van der Waals surface area contributed by atoms with Gasteiger partial charge in [0.1, 0.15) is 0 Å². The van der Waals surface area contributed by atoms with Gasteiger partial charge in [0.2, 0.25) is 0 Å². The first-order valence-electron chi connectivity index (χ1n) is 14.3. The van der Waals surface area contributed by atoms with Crippen LogP contribution in [0, 0.1) is 6.92 Å². The van der Waals surface area contributed by atoms with Crippen molar-refractivity contribution < 1.29 is 0 Å². The van der Waals surface area contributed by atoms with Crippen molar-refractivity contribution in [3.05, 3.63) is 145 Å². The second-order valence-electron chi connectivity index (χ2n) is 11.0. The maximum Gasteiger partial charge on any atom is 0.0625 e. The Morgan fingerprint density at radius 3 is 2.00 bits per heavy atom. The smallest absolute Gasteiger partial charge is 0.0625 e. The van der Waals surface area contributed by atoms with E-state index in [9.17, 15) is 0 Å². The lowest BCUT2D eigenvalue weighted by Gasteiger charge is -2.13. The molecule has 0 aliphatic heterocycles. The first-order valence-corrected chi connectivity index (χ1v) is 14.3. The highest BCUT2D eigenvalue weighted by Crippen LogP contribution is 2.43. The molecular weight excluding hydrogens is 494 g/mol. The van der Waals surface area contributed by atoms with E-state index < -0.39 is 0 Å². The zero-order chi connectivity index (χ0) is 27.5. The maximum atomic E-state index is 2.48. The van der Waals surface area contributed by atoms with Gasteiger partial charge in [-0.3, -0.25) is 0 Å². The summed E-state index contributed by atoms with van der Waals surface area (Å²) < 4.78 is 2.48. The number of allylic oxidation sites excluding steroid dienone is 1. The topological polar surface area (TPSA) is 4.93 Å². The van der Waals surface area contributed by atoms with Crippen LogP contribution in [0.3, 0.4) is 0 Å². The van der Waals surface area contributed by atoms with Crippen LogP contribution in [-0.2, 0) is 0 Å². The highest BCUT2D eigenvalue weighted by molar-refractivity contribution is 6.32. The first kappa shape index (κ1) is 23.7. The van der Waals surface area contributed by atoms with E-state index in [2.05, 4.69) is 158 Å². The van der Waals surface area contributed by atoms with Gasteiger partial charge in [-0.15, -0.1) is 0 Å². The minimum atomic E-state index is 1.18. The number of nitrogens with zero attached hydrogens (tertiary/aromatic N) is 1. The highest BCUT2D eigenvalue weighted by atomic mass is 15.0. The van der Waals surface area contributed by atoms with Crippen molar-refractivity contribution in [3.63, 3.8) is 0 Å². The molecule has 1 nitrogen and oxygen atoms in total. The van der Waals surface area contributed by atoms with Crippen molar-refractivity contribution in [3.8, 4) is 16.8 Å². The number of rotatable bonds is 3. The molecule has 8 rings (SSSR count). The van der Waals surface area contributed by atoms with E-state index in [1.807, 2.05) is 0 Å². The molecule has 0 N–H and O–H groups in total. The Morgan fingerprint density at radius 2 is 1.20 bits per heavy atom. The average Bonchev–Trinajstić information content (AvgIpc) is 3.37. The predicted octanol–water partition coefficient (Wildman–Crippen LogP) is 11.3. The molecule has 41 heavy (non-hydrogen) atoms. The molecule has 0 aliphatic carbocycles. The second-order valence-corrected chi connectivity index (χ2v) is 11.0. The predicted molar refractivity (Wildman–Crippen MR) is 178 cm³/mol. The number of aromatic nitrogens is 1. The molecular formula is C40H29N. The van der Waals surface area contributed by atoms with Gasteiger partial charge in [0.25, 0.3) is 0 Å². The van der Waals surface area contributed by atoms with Gasteiger partial charge in [-0.2, -0.15) is 0 Å². The molecule has 7 aromatic carbocycles. The molecule has 1 heteroatoms. The number of aryl methyl sites for hydroxylation is 1. The number of benzene rings is 7. The van der Waals surface area contributed by atoms with Crippen LogP contribution in [0.15, 0.2) is 133 Å². The summed E-state index contributed by atoms with van der Waals surface area (Å²) in [6.45, 7) is 4.26. The van der Waals surface area contributed by atoms with Crippen molar-refractivity contribution in [2.45, 2.75) is 13.8 Å². The lowest BCUT2D eigenvalue weighted by Crippen LogP contribution is -1.95. The van der Waals surface area contributed by atoms with Crippen molar-refractivity contribution in [1.29, 1.82) is 0 Å². The Kier molecular flexibility index (Phi) is 5.33. The van der Waals surface area contributed by atoms with E-state index in [-0.39, 0.29) is 0 Å². The fraction of sp³-hybridized carbons (Fsp3) is 0.0500. The van der Waals surface area contributed by atoms with Gasteiger partial charge < -0.3 is 4.57 Å². The molecule has 0 aliphatic rings. The summed E-state index contributed by atoms with van der Waals surface area (Å²) in [5, 5.41) is 10.2. The van der Waals surface area contributed by atoms with Crippen LogP contribution in [0.4, 0.5) is 0 Å². The highest BCUT2D eigenvalue weighted by Gasteiger charge is 2.19. The van der Waals surface area contributed by atoms with Gasteiger partial charge in [-0.05, 0) is 93.4 Å². The third-order valence-electron chi connectivity index (χ3n) is 8.59. The molecule has 0 atom stereocenters. The standard InChI is InChI=1S/C40H29N/c1-3-10-28-23-30(18-17-26(28)2)31-20-22-38-37(25-31)39-35-15-8-6-13-33(35)34-14-7-9-16-36(34)40(39)41(38)32-21-19-27-11-4-5-12-29(27)24-32/h3-25H,1-2H3/b10-3-. The van der Waals surface area contributed by atoms with Crippen LogP contribution < -0.4 is 0 Å². The summed E-state index contributed by atoms with van der Waals surface area (Å²) in [5.41, 5.74) is 8.70. The summed E-state index contributed by atoms with van der Waals surface area (Å²) in [5.74, 6) is 0. The van der Waals surface area contributed by atoms with Crippen LogP contribution in [0.1, 0.15) is 18.1 Å². The van der Waals surface area contributed by atoms with Crippen LogP contribution in [0.2, 0.25) is 0 Å². The summed E-state index contributed by atoms with van der Waals surface area (Å²) in [7, 11) is 0. The quantitative estimate of drug-likeness (QED) is 0.203. The molecule has 0 spiro atoms. The average molecular weight is 524 g/mol. The molecule has 1 heterocycles. The fourth-order valence-electron chi connectivity index (χ4n) is 6.62. The molecule has 0 bridgehead atoms. The number of fused-ring (bicyclic) bond motifs is 9. The van der Waals surface area contributed by atoms with E-state index in [4.69, 9.17) is 0 Å². The molecule has 8 aromatic rings. The zero-order valence-corrected chi connectivity index (χ0v) is 23.2. The summed E-state index contributed by atoms with van der Waals surface area (Å²) >= 11 is 0. The van der Waals surface area contributed by atoms with E-state index in [1.165, 1.54) is 82.1 Å². The minimum absolute atomic E-state index is 1.18. The Labute approximate surface area is 239 Å². The number of hydrogen-bond donors (Lipinski definition) is 0. The van der Waals surface area contributed by atoms with Crippen molar-refractivity contribution in [2.75, 3.05) is 0 Å². The second kappa shape index (κ2) is 9.21. The van der Waals surface area contributed by atoms with E-state index in [0.717, 1.165) is 0 Å². The van der Waals surface area contributed by atoms with Crippen LogP contribution in [-0.4, -0.2) is 4.57 Å². The first-order chi connectivity index (χ1) is 20.2. The molecule has 1 aromatic heterocycles. The molecule has 0 amide bonds. The van der Waals surface area contributed by atoms with Crippen molar-refractivity contribution in [2.24, 2.45) is 0 Å². The Bertz CT molecular complexity index is 2330. The van der Waals surface area contributed by atoms with Gasteiger partial charge in [-0.1, -0.05) is 109 Å². The van der Waals surface area contributed by atoms with Crippen molar-refractivity contribution >= 4 is 60.2 Å². The zero-order valence-electron chi connectivity index (χ0n) is 23.2. The van der Waals surface area contributed by atoms with E-state index in [0.29, 0.717) is 0 Å². The van der Waals surface area contributed by atoms with Crippen molar-refractivity contribution in [1.82, 2.24) is 4.57 Å². The van der Waals surface area contributed by atoms with Gasteiger partial charge in [0.05, 0.1) is 11.0 Å². The molecule has 0 radical (unpaired) electrons. The number of hydrogen-bond acceptors (Lipinski definition) is 0. The molecule has 0 unspecified atom stereocenters. The molecule has 0 saturated heterocycles. The maximum absolute atomic E-state index is 2.48. The Hall–Kier alpha value is -5.14. The summed E-state index contributed by atoms with van der Waals surface area (Å²) in [6.07, 6.45) is 4.31. The van der Waals surface area contributed by atoms with Crippen LogP contribution >= 0.6 is 0 Å². The lowest BCUT2D eigenvalue weighted by atomic mass is 9.95. The van der Waals surface area contributed by atoms with Crippen LogP contribution in [0.5, 0.6) is 0 Å².